The number of ether oxygens (including phenoxy) is 4. The van der Waals surface area contributed by atoms with Gasteiger partial charge in [-0.15, -0.1) is 0 Å². The number of para-hydroxylation sites is 2. The predicted octanol–water partition coefficient (Wildman–Crippen LogP) is 3.27. The molecule has 0 bridgehead atoms. The molecule has 0 aromatic heterocycles. The SMILES string of the molecule is COc1cc(C(=O)N(C)C[C@@H]2COc3ccccc3O2)cc(Cl)c1OC. The van der Waals surface area contributed by atoms with Gasteiger partial charge in [-0.2, -0.15) is 0 Å². The zero-order chi connectivity index (χ0) is 18.7. The molecule has 138 valence electrons. The number of amides is 1. The zero-order valence-electron chi connectivity index (χ0n) is 14.8. The number of methoxy groups -OCH3 is 2. The molecule has 26 heavy (non-hydrogen) atoms. The third-order valence-electron chi connectivity index (χ3n) is 4.07. The van der Waals surface area contributed by atoms with Gasteiger partial charge in [0.05, 0.1) is 25.8 Å². The molecule has 1 aliphatic heterocycles. The number of benzene rings is 2. The molecule has 0 spiro atoms. The van der Waals surface area contributed by atoms with Crippen LogP contribution in [0, 0.1) is 0 Å². The lowest BCUT2D eigenvalue weighted by Gasteiger charge is -2.29. The first-order chi connectivity index (χ1) is 12.5. The second-order valence-corrected chi connectivity index (χ2v) is 6.28. The standard InChI is InChI=1S/C19H20ClNO5/c1-21(10-13-11-25-15-6-4-5-7-16(15)26-13)19(22)12-8-14(20)18(24-3)17(9-12)23-2/h4-9,13H,10-11H2,1-3H3/t13-/m1/s1. The molecule has 1 atom stereocenters. The molecule has 2 aromatic rings. The van der Waals surface area contributed by atoms with Crippen LogP contribution in [-0.2, 0) is 0 Å². The minimum absolute atomic E-state index is 0.199. The largest absolute Gasteiger partial charge is 0.493 e. The summed E-state index contributed by atoms with van der Waals surface area (Å²) in [5, 5.41) is 0.315. The van der Waals surface area contributed by atoms with Crippen LogP contribution >= 0.6 is 11.6 Å². The summed E-state index contributed by atoms with van der Waals surface area (Å²) in [6, 6.07) is 10.6. The quantitative estimate of drug-likeness (QED) is 0.800. The van der Waals surface area contributed by atoms with Crippen LogP contribution in [-0.4, -0.2) is 51.3 Å². The number of nitrogens with zero attached hydrogens (tertiary/aromatic N) is 1. The van der Waals surface area contributed by atoms with Crippen molar-refractivity contribution >= 4 is 17.5 Å². The van der Waals surface area contributed by atoms with Gasteiger partial charge in [-0.1, -0.05) is 23.7 Å². The van der Waals surface area contributed by atoms with E-state index in [1.807, 2.05) is 24.3 Å². The van der Waals surface area contributed by atoms with Crippen LogP contribution in [0.2, 0.25) is 5.02 Å². The maximum absolute atomic E-state index is 12.8. The highest BCUT2D eigenvalue weighted by Gasteiger charge is 2.25. The molecule has 0 fully saturated rings. The number of hydrogen-bond acceptors (Lipinski definition) is 5. The van der Waals surface area contributed by atoms with E-state index in [0.717, 1.165) is 0 Å². The number of halogens is 1. The molecule has 3 rings (SSSR count). The van der Waals surface area contributed by atoms with E-state index in [1.165, 1.54) is 14.2 Å². The van der Waals surface area contributed by atoms with Crippen LogP contribution in [0.5, 0.6) is 23.0 Å². The summed E-state index contributed by atoms with van der Waals surface area (Å²) in [6.45, 7) is 0.750. The van der Waals surface area contributed by atoms with Crippen molar-refractivity contribution in [2.75, 3.05) is 34.4 Å². The molecule has 0 radical (unpaired) electrons. The fourth-order valence-electron chi connectivity index (χ4n) is 2.80. The summed E-state index contributed by atoms with van der Waals surface area (Å²) in [7, 11) is 4.70. The summed E-state index contributed by atoms with van der Waals surface area (Å²) in [4.78, 5) is 14.3. The number of hydrogen-bond donors (Lipinski definition) is 0. The highest BCUT2D eigenvalue weighted by Crippen LogP contribution is 2.36. The molecule has 0 saturated carbocycles. The Morgan fingerprint density at radius 2 is 1.96 bits per heavy atom. The molecule has 7 heteroatoms. The minimum atomic E-state index is -0.255. The normalized spacial score (nSPS) is 15.3. The van der Waals surface area contributed by atoms with E-state index < -0.39 is 0 Å². The molecular formula is C19H20ClNO5. The van der Waals surface area contributed by atoms with Crippen molar-refractivity contribution in [3.8, 4) is 23.0 Å². The fraction of sp³-hybridized carbons (Fsp3) is 0.316. The highest BCUT2D eigenvalue weighted by molar-refractivity contribution is 6.32. The van der Waals surface area contributed by atoms with Crippen molar-refractivity contribution in [2.45, 2.75) is 6.10 Å². The number of carbonyl (C=O) groups is 1. The predicted molar refractivity (Wildman–Crippen MR) is 97.9 cm³/mol. The van der Waals surface area contributed by atoms with Gasteiger partial charge >= 0.3 is 0 Å². The van der Waals surface area contributed by atoms with Gasteiger partial charge in [0.15, 0.2) is 29.1 Å². The van der Waals surface area contributed by atoms with E-state index in [1.54, 1.807) is 24.1 Å². The molecule has 6 nitrogen and oxygen atoms in total. The maximum Gasteiger partial charge on any atom is 0.253 e. The van der Waals surface area contributed by atoms with Crippen LogP contribution in [0.3, 0.4) is 0 Å². The third-order valence-corrected chi connectivity index (χ3v) is 4.35. The Labute approximate surface area is 157 Å². The van der Waals surface area contributed by atoms with E-state index in [2.05, 4.69) is 0 Å². The lowest BCUT2D eigenvalue weighted by atomic mass is 10.1. The topological polar surface area (TPSA) is 57.2 Å². The summed E-state index contributed by atoms with van der Waals surface area (Å²) in [6.07, 6.45) is -0.255. The van der Waals surface area contributed by atoms with E-state index in [-0.39, 0.29) is 12.0 Å². The van der Waals surface area contributed by atoms with Crippen LogP contribution in [0.15, 0.2) is 36.4 Å². The maximum atomic E-state index is 12.8. The average Bonchev–Trinajstić information content (AvgIpc) is 2.66. The van der Waals surface area contributed by atoms with E-state index >= 15 is 0 Å². The van der Waals surface area contributed by atoms with E-state index in [4.69, 9.17) is 30.5 Å². The van der Waals surface area contributed by atoms with Crippen molar-refractivity contribution in [3.63, 3.8) is 0 Å². The Kier molecular flexibility index (Phi) is 5.42. The van der Waals surface area contributed by atoms with Gasteiger partial charge in [0.25, 0.3) is 5.91 Å². The van der Waals surface area contributed by atoms with Gasteiger partial charge < -0.3 is 23.8 Å². The van der Waals surface area contributed by atoms with Crippen LogP contribution < -0.4 is 18.9 Å². The summed E-state index contributed by atoms with van der Waals surface area (Å²) in [5.41, 5.74) is 0.410. The van der Waals surface area contributed by atoms with Gasteiger partial charge in [0.2, 0.25) is 0 Å². The van der Waals surface area contributed by atoms with Gasteiger partial charge in [-0.25, -0.2) is 0 Å². The first-order valence-electron chi connectivity index (χ1n) is 8.09. The van der Waals surface area contributed by atoms with Crippen molar-refractivity contribution in [1.29, 1.82) is 0 Å². The molecule has 1 heterocycles. The number of likely N-dealkylation sites (N-methyl/N-ethyl adjacent to an activating group) is 1. The molecule has 0 saturated heterocycles. The Bertz CT molecular complexity index is 811. The second kappa shape index (κ2) is 7.74. The molecule has 0 N–H and O–H groups in total. The van der Waals surface area contributed by atoms with E-state index in [0.29, 0.717) is 46.7 Å². The summed E-state index contributed by atoms with van der Waals surface area (Å²) in [5.74, 6) is 2.00. The van der Waals surface area contributed by atoms with Crippen molar-refractivity contribution in [3.05, 3.63) is 47.0 Å². The third kappa shape index (κ3) is 3.65. The first kappa shape index (κ1) is 18.2. The molecule has 0 aliphatic carbocycles. The van der Waals surface area contributed by atoms with Gasteiger partial charge in [0.1, 0.15) is 6.61 Å². The van der Waals surface area contributed by atoms with Gasteiger partial charge in [-0.05, 0) is 24.3 Å². The Morgan fingerprint density at radius 1 is 1.23 bits per heavy atom. The molecule has 1 amide bonds. The molecular weight excluding hydrogens is 358 g/mol. The monoisotopic (exact) mass is 377 g/mol. The zero-order valence-corrected chi connectivity index (χ0v) is 15.6. The minimum Gasteiger partial charge on any atom is -0.493 e. The van der Waals surface area contributed by atoms with Crippen molar-refractivity contribution in [2.24, 2.45) is 0 Å². The first-order valence-corrected chi connectivity index (χ1v) is 8.46. The van der Waals surface area contributed by atoms with Gasteiger partial charge in [-0.3, -0.25) is 4.79 Å². The van der Waals surface area contributed by atoms with Crippen LogP contribution in [0.25, 0.3) is 0 Å². The van der Waals surface area contributed by atoms with Crippen molar-refractivity contribution < 1.29 is 23.7 Å². The Hall–Kier alpha value is -2.60. The van der Waals surface area contributed by atoms with Gasteiger partial charge in [0, 0.05) is 12.6 Å². The van der Waals surface area contributed by atoms with Crippen molar-refractivity contribution in [1.82, 2.24) is 4.90 Å². The molecule has 1 aliphatic rings. The molecule has 0 unspecified atom stereocenters. The highest BCUT2D eigenvalue weighted by atomic mass is 35.5. The van der Waals surface area contributed by atoms with E-state index in [9.17, 15) is 4.79 Å². The lowest BCUT2D eigenvalue weighted by molar-refractivity contribution is 0.0520. The Balaban J connectivity index is 1.72. The fourth-order valence-corrected chi connectivity index (χ4v) is 3.09. The summed E-state index contributed by atoms with van der Waals surface area (Å²) < 4.78 is 22.0. The average molecular weight is 378 g/mol. The second-order valence-electron chi connectivity index (χ2n) is 5.88. The summed E-state index contributed by atoms with van der Waals surface area (Å²) >= 11 is 6.19. The number of fused-ring (bicyclic) bond motifs is 1. The molecule has 2 aromatic carbocycles. The number of rotatable bonds is 5. The lowest BCUT2D eigenvalue weighted by Crippen LogP contribution is -2.41. The smallest absolute Gasteiger partial charge is 0.253 e. The number of carbonyl (C=O) groups excluding carboxylic acids is 1. The van der Waals surface area contributed by atoms with Crippen LogP contribution in [0.4, 0.5) is 0 Å². The Morgan fingerprint density at radius 3 is 2.65 bits per heavy atom. The van der Waals surface area contributed by atoms with Crippen LogP contribution in [0.1, 0.15) is 10.4 Å².